The highest BCUT2D eigenvalue weighted by molar-refractivity contribution is 6.05. The van der Waals surface area contributed by atoms with Crippen molar-refractivity contribution in [2.45, 2.75) is 26.2 Å². The Hall–Kier alpha value is -3.35. The Morgan fingerprint density at radius 1 is 1.07 bits per heavy atom. The molecule has 2 aliphatic heterocycles. The maximum absolute atomic E-state index is 13.0. The molecule has 30 heavy (non-hydrogen) atoms. The summed E-state index contributed by atoms with van der Waals surface area (Å²) >= 11 is 0. The van der Waals surface area contributed by atoms with E-state index >= 15 is 0 Å². The third kappa shape index (κ3) is 4.01. The van der Waals surface area contributed by atoms with Crippen molar-refractivity contribution in [3.63, 3.8) is 0 Å². The Kier molecular flexibility index (Phi) is 5.44. The molecule has 7 heteroatoms. The number of nitrogens with zero attached hydrogens (tertiary/aromatic N) is 2. The average molecular weight is 406 g/mol. The second kappa shape index (κ2) is 8.18. The van der Waals surface area contributed by atoms with Gasteiger partial charge in [-0.2, -0.15) is 0 Å². The topological polar surface area (TPSA) is 95.7 Å². The minimum atomic E-state index is -0.542. The molecule has 7 nitrogen and oxygen atoms in total. The molecule has 0 aliphatic carbocycles. The lowest BCUT2D eigenvalue weighted by molar-refractivity contribution is -0.122. The fourth-order valence-corrected chi connectivity index (χ4v) is 4.12. The van der Waals surface area contributed by atoms with Gasteiger partial charge in [0, 0.05) is 37.3 Å². The van der Waals surface area contributed by atoms with Gasteiger partial charge in [0.2, 0.25) is 17.7 Å². The van der Waals surface area contributed by atoms with Crippen LogP contribution in [0.15, 0.2) is 42.5 Å². The minimum Gasteiger partial charge on any atom is -0.370 e. The largest absolute Gasteiger partial charge is 0.370 e. The van der Waals surface area contributed by atoms with Crippen LogP contribution in [0.1, 0.15) is 35.2 Å². The molecule has 2 saturated heterocycles. The van der Waals surface area contributed by atoms with Gasteiger partial charge in [-0.3, -0.25) is 14.4 Å². The molecule has 2 aromatic rings. The molecule has 2 fully saturated rings. The number of carbonyl (C=O) groups is 3. The van der Waals surface area contributed by atoms with E-state index < -0.39 is 11.8 Å². The molecule has 4 rings (SSSR count). The maximum Gasteiger partial charge on any atom is 0.248 e. The van der Waals surface area contributed by atoms with Crippen LogP contribution in [-0.2, 0) is 9.59 Å². The SMILES string of the molecule is Cc1ccc(N2C[C@@H](C(=O)Nc3cc(C(N)=O)ccc3N3CCCC3)CC2=O)cc1. The van der Waals surface area contributed by atoms with E-state index in [0.717, 1.165) is 42.9 Å². The smallest absolute Gasteiger partial charge is 0.248 e. The van der Waals surface area contributed by atoms with Gasteiger partial charge in [-0.1, -0.05) is 17.7 Å². The number of hydrogen-bond donors (Lipinski definition) is 2. The van der Waals surface area contributed by atoms with Crippen molar-refractivity contribution in [2.24, 2.45) is 11.7 Å². The van der Waals surface area contributed by atoms with Crippen molar-refractivity contribution in [1.29, 1.82) is 0 Å². The number of primary amides is 1. The molecule has 156 valence electrons. The predicted octanol–water partition coefficient (Wildman–Crippen LogP) is 2.69. The molecule has 2 aliphatic rings. The molecule has 0 bridgehead atoms. The van der Waals surface area contributed by atoms with E-state index in [4.69, 9.17) is 5.73 Å². The summed E-state index contributed by atoms with van der Waals surface area (Å²) in [4.78, 5) is 41.0. The van der Waals surface area contributed by atoms with Crippen LogP contribution < -0.4 is 20.9 Å². The van der Waals surface area contributed by atoms with Gasteiger partial charge < -0.3 is 20.9 Å². The fourth-order valence-electron chi connectivity index (χ4n) is 4.12. The summed E-state index contributed by atoms with van der Waals surface area (Å²) in [5.74, 6) is -1.28. The predicted molar refractivity (Wildman–Crippen MR) is 117 cm³/mol. The highest BCUT2D eigenvalue weighted by Gasteiger charge is 2.35. The number of anilines is 3. The second-order valence-electron chi connectivity index (χ2n) is 8.02. The summed E-state index contributed by atoms with van der Waals surface area (Å²) in [6, 6.07) is 12.8. The summed E-state index contributed by atoms with van der Waals surface area (Å²) in [5, 5.41) is 2.96. The maximum atomic E-state index is 13.0. The van der Waals surface area contributed by atoms with E-state index in [1.807, 2.05) is 37.3 Å². The molecular formula is C23H26N4O3. The lowest BCUT2D eigenvalue weighted by Crippen LogP contribution is -2.29. The van der Waals surface area contributed by atoms with Crippen molar-refractivity contribution < 1.29 is 14.4 Å². The van der Waals surface area contributed by atoms with Crippen LogP contribution in [-0.4, -0.2) is 37.4 Å². The van der Waals surface area contributed by atoms with Crippen LogP contribution in [0.3, 0.4) is 0 Å². The number of benzene rings is 2. The number of nitrogens with one attached hydrogen (secondary N) is 1. The van der Waals surface area contributed by atoms with Crippen LogP contribution in [0.4, 0.5) is 17.1 Å². The summed E-state index contributed by atoms with van der Waals surface area (Å²) in [6.07, 6.45) is 2.34. The van der Waals surface area contributed by atoms with E-state index in [9.17, 15) is 14.4 Å². The van der Waals surface area contributed by atoms with Crippen LogP contribution in [0.2, 0.25) is 0 Å². The molecule has 0 spiro atoms. The number of aryl methyl sites for hydroxylation is 1. The molecule has 1 atom stereocenters. The van der Waals surface area contributed by atoms with Gasteiger partial charge in [-0.25, -0.2) is 0 Å². The Morgan fingerprint density at radius 3 is 2.43 bits per heavy atom. The van der Waals surface area contributed by atoms with E-state index in [-0.39, 0.29) is 18.2 Å². The van der Waals surface area contributed by atoms with E-state index in [1.54, 1.807) is 17.0 Å². The van der Waals surface area contributed by atoms with Gasteiger partial charge in [-0.15, -0.1) is 0 Å². The third-order valence-electron chi connectivity index (χ3n) is 5.83. The second-order valence-corrected chi connectivity index (χ2v) is 8.02. The zero-order valence-electron chi connectivity index (χ0n) is 17.1. The molecule has 0 unspecified atom stereocenters. The van der Waals surface area contributed by atoms with Crippen molar-refractivity contribution in [3.8, 4) is 0 Å². The molecule has 2 aromatic carbocycles. The van der Waals surface area contributed by atoms with E-state index in [0.29, 0.717) is 17.8 Å². The summed E-state index contributed by atoms with van der Waals surface area (Å²) in [5.41, 5.74) is 9.14. The van der Waals surface area contributed by atoms with Crippen molar-refractivity contribution >= 4 is 34.8 Å². The zero-order valence-corrected chi connectivity index (χ0v) is 17.1. The number of amides is 3. The van der Waals surface area contributed by atoms with E-state index in [2.05, 4.69) is 10.2 Å². The normalized spacial score (nSPS) is 18.7. The minimum absolute atomic E-state index is 0.0651. The number of rotatable bonds is 5. The molecule has 3 N–H and O–H groups in total. The van der Waals surface area contributed by atoms with E-state index in [1.165, 1.54) is 0 Å². The number of hydrogen-bond acceptors (Lipinski definition) is 4. The lowest BCUT2D eigenvalue weighted by atomic mass is 10.1. The lowest BCUT2D eigenvalue weighted by Gasteiger charge is -2.23. The quantitative estimate of drug-likeness (QED) is 0.798. The van der Waals surface area contributed by atoms with Gasteiger partial charge in [0.25, 0.3) is 0 Å². The van der Waals surface area contributed by atoms with Crippen LogP contribution in [0.5, 0.6) is 0 Å². The monoisotopic (exact) mass is 406 g/mol. The number of carbonyl (C=O) groups excluding carboxylic acids is 3. The first-order chi connectivity index (χ1) is 14.4. The molecule has 3 amide bonds. The first-order valence-electron chi connectivity index (χ1n) is 10.3. The van der Waals surface area contributed by atoms with Crippen molar-refractivity contribution in [3.05, 3.63) is 53.6 Å². The Morgan fingerprint density at radius 2 is 1.77 bits per heavy atom. The van der Waals surface area contributed by atoms with Crippen LogP contribution >= 0.6 is 0 Å². The highest BCUT2D eigenvalue weighted by Crippen LogP contribution is 2.32. The third-order valence-corrected chi connectivity index (χ3v) is 5.83. The molecule has 2 heterocycles. The molecule has 0 aromatic heterocycles. The summed E-state index contributed by atoms with van der Waals surface area (Å²) in [7, 11) is 0. The van der Waals surface area contributed by atoms with Gasteiger partial charge in [-0.05, 0) is 50.1 Å². The first-order valence-corrected chi connectivity index (χ1v) is 10.3. The number of nitrogens with two attached hydrogens (primary N) is 1. The standard InChI is InChI=1S/C23H26N4O3/c1-15-4-7-18(8-5-15)27-14-17(13-21(27)28)23(30)25-19-12-16(22(24)29)6-9-20(19)26-10-2-3-11-26/h4-9,12,17H,2-3,10-11,13-14H2,1H3,(H2,24,29)(H,25,30)/t17-/m0/s1. The molecule has 0 saturated carbocycles. The van der Waals surface area contributed by atoms with Crippen LogP contribution in [0.25, 0.3) is 0 Å². The average Bonchev–Trinajstić information content (AvgIpc) is 3.38. The molecular weight excluding hydrogens is 380 g/mol. The highest BCUT2D eigenvalue weighted by atomic mass is 16.2. The summed E-state index contributed by atoms with van der Waals surface area (Å²) < 4.78 is 0. The van der Waals surface area contributed by atoms with Crippen molar-refractivity contribution in [1.82, 2.24) is 0 Å². The van der Waals surface area contributed by atoms with Gasteiger partial charge in [0.05, 0.1) is 17.3 Å². The Labute approximate surface area is 175 Å². The van der Waals surface area contributed by atoms with Gasteiger partial charge in [0.1, 0.15) is 0 Å². The first kappa shape index (κ1) is 19.9. The van der Waals surface area contributed by atoms with Crippen molar-refractivity contribution in [2.75, 3.05) is 34.8 Å². The van der Waals surface area contributed by atoms with Gasteiger partial charge >= 0.3 is 0 Å². The summed E-state index contributed by atoms with van der Waals surface area (Å²) in [6.45, 7) is 4.14. The van der Waals surface area contributed by atoms with Crippen LogP contribution in [0, 0.1) is 12.8 Å². The van der Waals surface area contributed by atoms with Gasteiger partial charge in [0.15, 0.2) is 0 Å². The molecule has 0 radical (unpaired) electrons. The fraction of sp³-hybridized carbons (Fsp3) is 0.348. The Bertz CT molecular complexity index is 980. The Balaban J connectivity index is 1.53. The zero-order chi connectivity index (χ0) is 21.3.